The molecule has 0 radical (unpaired) electrons. The first-order chi connectivity index (χ1) is 14.7. The van der Waals surface area contributed by atoms with Crippen molar-refractivity contribution in [3.8, 4) is 11.5 Å². The lowest BCUT2D eigenvalue weighted by Gasteiger charge is -2.34. The Labute approximate surface area is 177 Å². The summed E-state index contributed by atoms with van der Waals surface area (Å²) in [5.41, 5.74) is 1.14. The Kier molecular flexibility index (Phi) is 6.81. The number of piperazine rings is 1. The number of nitrogens with one attached hydrogen (secondary N) is 2. The molecular formula is C21H34N6O3+2. The van der Waals surface area contributed by atoms with Crippen molar-refractivity contribution in [3.63, 3.8) is 0 Å². The number of likely N-dealkylation sites (N-methyl/N-ethyl adjacent to an activating group) is 1. The van der Waals surface area contributed by atoms with E-state index in [4.69, 9.17) is 14.2 Å². The maximum absolute atomic E-state index is 5.84. The minimum atomic E-state index is 0.0413. The fourth-order valence-electron chi connectivity index (χ4n) is 4.70. The fourth-order valence-corrected chi connectivity index (χ4v) is 4.70. The Morgan fingerprint density at radius 2 is 1.97 bits per heavy atom. The first-order valence-corrected chi connectivity index (χ1v) is 11.0. The smallest absolute Gasteiger partial charge is 0.214 e. The summed E-state index contributed by atoms with van der Waals surface area (Å²) in [4.78, 5) is 3.14. The van der Waals surface area contributed by atoms with Crippen LogP contribution in [0.25, 0.3) is 0 Å². The number of hydrogen-bond acceptors (Lipinski definition) is 6. The predicted molar refractivity (Wildman–Crippen MR) is 110 cm³/mol. The molecule has 2 aliphatic heterocycles. The van der Waals surface area contributed by atoms with Gasteiger partial charge in [-0.05, 0) is 48.4 Å². The van der Waals surface area contributed by atoms with Crippen LogP contribution in [0.3, 0.4) is 0 Å². The summed E-state index contributed by atoms with van der Waals surface area (Å²) in [5, 5.41) is 12.9. The lowest BCUT2D eigenvalue weighted by molar-refractivity contribution is -1.02. The molecule has 3 heterocycles. The second kappa shape index (κ2) is 9.72. The van der Waals surface area contributed by atoms with Gasteiger partial charge in [0.15, 0.2) is 17.5 Å². The van der Waals surface area contributed by atoms with Crippen LogP contribution in [0.1, 0.15) is 37.2 Å². The number of nitrogens with zero attached hydrogens (tertiary/aromatic N) is 4. The van der Waals surface area contributed by atoms with Crippen LogP contribution < -0.4 is 19.3 Å². The Bertz CT molecular complexity index is 815. The third kappa shape index (κ3) is 4.43. The van der Waals surface area contributed by atoms with Gasteiger partial charge in [0.25, 0.3) is 0 Å². The first kappa shape index (κ1) is 21.0. The molecular weight excluding hydrogens is 384 g/mol. The molecule has 0 saturated carbocycles. The largest absolute Gasteiger partial charge is 0.493 e. The van der Waals surface area contributed by atoms with Crippen LogP contribution in [-0.4, -0.2) is 79.9 Å². The minimum absolute atomic E-state index is 0.0413. The molecule has 0 unspecified atom stereocenters. The molecule has 164 valence electrons. The van der Waals surface area contributed by atoms with Crippen molar-refractivity contribution >= 4 is 0 Å². The molecule has 0 bridgehead atoms. The number of benzene rings is 1. The topological polar surface area (TPSA) is 80.2 Å². The summed E-state index contributed by atoms with van der Waals surface area (Å²) in [6.45, 7) is 9.43. The van der Waals surface area contributed by atoms with Crippen LogP contribution in [0.4, 0.5) is 0 Å². The first-order valence-electron chi connectivity index (χ1n) is 11.0. The predicted octanol–water partition coefficient (Wildman–Crippen LogP) is -1.24. The van der Waals surface area contributed by atoms with Crippen molar-refractivity contribution in [2.24, 2.45) is 0 Å². The van der Waals surface area contributed by atoms with Crippen molar-refractivity contribution in [2.45, 2.75) is 38.5 Å². The summed E-state index contributed by atoms with van der Waals surface area (Å²) in [6, 6.07) is 6.20. The molecule has 9 heteroatoms. The third-order valence-electron chi connectivity index (χ3n) is 6.47. The summed E-state index contributed by atoms with van der Waals surface area (Å²) >= 11 is 0. The van der Waals surface area contributed by atoms with Gasteiger partial charge in [0.1, 0.15) is 26.2 Å². The number of quaternary nitrogens is 2. The van der Waals surface area contributed by atoms with Gasteiger partial charge in [-0.15, -0.1) is 5.10 Å². The Balaban J connectivity index is 1.67. The maximum atomic E-state index is 5.84. The second-order valence-corrected chi connectivity index (χ2v) is 8.16. The fraction of sp³-hybridized carbons (Fsp3) is 0.667. The molecule has 1 aromatic heterocycles. The minimum Gasteiger partial charge on any atom is -0.493 e. The monoisotopic (exact) mass is 418 g/mol. The van der Waals surface area contributed by atoms with Crippen LogP contribution in [0.15, 0.2) is 18.2 Å². The Hall–Kier alpha value is -2.23. The summed E-state index contributed by atoms with van der Waals surface area (Å²) in [5.74, 6) is 2.36. The summed E-state index contributed by atoms with van der Waals surface area (Å²) in [6.07, 6.45) is 2.36. The van der Waals surface area contributed by atoms with Crippen molar-refractivity contribution < 1.29 is 24.0 Å². The second-order valence-electron chi connectivity index (χ2n) is 8.16. The molecule has 2 atom stereocenters. The van der Waals surface area contributed by atoms with Gasteiger partial charge >= 0.3 is 0 Å². The van der Waals surface area contributed by atoms with Crippen molar-refractivity contribution in [1.29, 1.82) is 0 Å². The molecule has 0 aliphatic carbocycles. The molecule has 9 nitrogen and oxygen atoms in total. The van der Waals surface area contributed by atoms with E-state index < -0.39 is 0 Å². The van der Waals surface area contributed by atoms with Gasteiger partial charge in [0, 0.05) is 12.2 Å². The zero-order valence-electron chi connectivity index (χ0n) is 18.3. The van der Waals surface area contributed by atoms with Crippen LogP contribution >= 0.6 is 0 Å². The highest BCUT2D eigenvalue weighted by atomic mass is 16.5. The average Bonchev–Trinajstić information content (AvgIpc) is 3.47. The zero-order chi connectivity index (χ0) is 20.9. The average molecular weight is 419 g/mol. The number of ether oxygens (including phenoxy) is 3. The van der Waals surface area contributed by atoms with E-state index in [2.05, 4.69) is 34.6 Å². The van der Waals surface area contributed by atoms with Crippen LogP contribution in [0.5, 0.6) is 11.5 Å². The van der Waals surface area contributed by atoms with Crippen LogP contribution in [0, 0.1) is 0 Å². The number of hydrogen-bond donors (Lipinski definition) is 2. The molecule has 2 aliphatic rings. The van der Waals surface area contributed by atoms with Gasteiger partial charge in [0.2, 0.25) is 5.82 Å². The lowest BCUT2D eigenvalue weighted by Crippen LogP contribution is -3.28. The van der Waals surface area contributed by atoms with Gasteiger partial charge in [-0.3, -0.25) is 0 Å². The summed E-state index contributed by atoms with van der Waals surface area (Å²) < 4.78 is 18.8. The highest BCUT2D eigenvalue weighted by molar-refractivity contribution is 5.44. The van der Waals surface area contributed by atoms with Gasteiger partial charge in [-0.2, -0.15) is 0 Å². The Morgan fingerprint density at radius 1 is 1.17 bits per heavy atom. The molecule has 30 heavy (non-hydrogen) atoms. The molecule has 0 amide bonds. The van der Waals surface area contributed by atoms with E-state index in [1.165, 1.54) is 11.4 Å². The molecule has 2 N–H and O–H groups in total. The lowest BCUT2D eigenvalue weighted by atomic mass is 10.0. The normalized spacial score (nSPS) is 25.2. The Morgan fingerprint density at radius 3 is 2.63 bits per heavy atom. The highest BCUT2D eigenvalue weighted by Gasteiger charge is 2.36. The van der Waals surface area contributed by atoms with E-state index >= 15 is 0 Å². The van der Waals surface area contributed by atoms with Gasteiger partial charge in [-0.25, -0.2) is 4.68 Å². The quantitative estimate of drug-likeness (QED) is 0.559. The standard InChI is InChI=1S/C21H32N6O3/c1-4-25-9-11-26(12-10-25)20(16-7-8-18(28-2)19(14-16)29-3)21-22-23-24-27(21)15-17-6-5-13-30-17/h7-8,14,17,20H,4-6,9-13,15H2,1-3H3/p+2/t17-,20-/m1/s1. The van der Waals surface area contributed by atoms with Gasteiger partial charge < -0.3 is 24.0 Å². The molecule has 0 spiro atoms. The van der Waals surface area contributed by atoms with Crippen LogP contribution in [-0.2, 0) is 11.3 Å². The molecule has 2 saturated heterocycles. The van der Waals surface area contributed by atoms with E-state index in [1.54, 1.807) is 19.1 Å². The number of tetrazole rings is 1. The van der Waals surface area contributed by atoms with E-state index in [0.717, 1.165) is 68.5 Å². The number of rotatable bonds is 8. The number of methoxy groups -OCH3 is 2. The molecule has 4 rings (SSSR count). The van der Waals surface area contributed by atoms with E-state index in [-0.39, 0.29) is 12.1 Å². The van der Waals surface area contributed by atoms with Gasteiger partial charge in [0.05, 0.1) is 33.4 Å². The molecule has 2 aromatic rings. The third-order valence-corrected chi connectivity index (χ3v) is 6.47. The van der Waals surface area contributed by atoms with Crippen molar-refractivity contribution in [2.75, 3.05) is 53.6 Å². The van der Waals surface area contributed by atoms with E-state index in [9.17, 15) is 0 Å². The van der Waals surface area contributed by atoms with E-state index in [1.807, 2.05) is 10.7 Å². The summed E-state index contributed by atoms with van der Waals surface area (Å²) in [7, 11) is 3.34. The number of aromatic nitrogens is 4. The zero-order valence-corrected chi connectivity index (χ0v) is 18.3. The highest BCUT2D eigenvalue weighted by Crippen LogP contribution is 2.31. The van der Waals surface area contributed by atoms with Crippen LogP contribution in [0.2, 0.25) is 0 Å². The maximum Gasteiger partial charge on any atom is 0.214 e. The molecule has 1 aromatic carbocycles. The van der Waals surface area contributed by atoms with Crippen molar-refractivity contribution in [3.05, 3.63) is 29.6 Å². The SMILES string of the molecule is CC[NH+]1CC[NH+]([C@H](c2ccc(OC)c(OC)c2)c2nnnn2C[C@H]2CCCO2)CC1. The molecule has 2 fully saturated rings. The van der Waals surface area contributed by atoms with E-state index in [0.29, 0.717) is 6.54 Å². The van der Waals surface area contributed by atoms with Gasteiger partial charge in [-0.1, -0.05) is 0 Å². The van der Waals surface area contributed by atoms with Crippen molar-refractivity contribution in [1.82, 2.24) is 20.2 Å².